The molecule has 176 valence electrons. The van der Waals surface area contributed by atoms with Crippen molar-refractivity contribution in [1.29, 1.82) is 0 Å². The summed E-state index contributed by atoms with van der Waals surface area (Å²) in [7, 11) is 0. The Morgan fingerprint density at radius 2 is 2.16 bits per heavy atom. The van der Waals surface area contributed by atoms with Crippen LogP contribution in [0, 0.1) is 17.7 Å². The van der Waals surface area contributed by atoms with Crippen LogP contribution < -0.4 is 26.2 Å². The molecule has 0 radical (unpaired) electrons. The lowest BCUT2D eigenvalue weighted by molar-refractivity contribution is -0.131. The molecule has 0 bridgehead atoms. The highest BCUT2D eigenvalue weighted by Crippen LogP contribution is 2.36. The maximum Gasteiger partial charge on any atom is 0.258 e. The van der Waals surface area contributed by atoms with Gasteiger partial charge >= 0.3 is 0 Å². The smallest absolute Gasteiger partial charge is 0.258 e. The van der Waals surface area contributed by atoms with Crippen LogP contribution in [-0.4, -0.2) is 48.8 Å². The van der Waals surface area contributed by atoms with E-state index in [0.29, 0.717) is 19.4 Å². The van der Waals surface area contributed by atoms with Crippen LogP contribution in [-0.2, 0) is 14.4 Å². The van der Waals surface area contributed by atoms with Crippen LogP contribution in [0.25, 0.3) is 0 Å². The van der Waals surface area contributed by atoms with E-state index < -0.39 is 5.82 Å². The molecule has 4 N–H and O–H groups in total. The Balaban J connectivity index is 1.22. The number of halogens is 2. The Morgan fingerprint density at radius 1 is 1.38 bits per heavy atom. The van der Waals surface area contributed by atoms with Crippen molar-refractivity contribution in [2.24, 2.45) is 11.8 Å². The van der Waals surface area contributed by atoms with Gasteiger partial charge in [0.1, 0.15) is 17.8 Å². The number of hydrogen-bond donors (Lipinski definition) is 4. The first-order valence-corrected chi connectivity index (χ1v) is 11.5. The minimum atomic E-state index is -0.595. The van der Waals surface area contributed by atoms with E-state index in [1.54, 1.807) is 0 Å². The van der Waals surface area contributed by atoms with E-state index in [4.69, 9.17) is 21.2 Å². The summed E-state index contributed by atoms with van der Waals surface area (Å²) >= 11 is 5.64. The zero-order valence-electron chi connectivity index (χ0n) is 18.3. The van der Waals surface area contributed by atoms with Gasteiger partial charge in [0.15, 0.2) is 6.61 Å². The van der Waals surface area contributed by atoms with Crippen molar-refractivity contribution >= 4 is 23.4 Å². The summed E-state index contributed by atoms with van der Waals surface area (Å²) in [5, 5.41) is 9.46. The summed E-state index contributed by atoms with van der Waals surface area (Å²) in [6, 6.07) is 4.21. The molecule has 4 rings (SSSR count). The predicted octanol–water partition coefficient (Wildman–Crippen LogP) is 1.88. The summed E-state index contributed by atoms with van der Waals surface area (Å²) in [5.74, 6) is -0.429. The lowest BCUT2D eigenvalue weighted by Gasteiger charge is -2.49. The highest BCUT2D eigenvalue weighted by molar-refractivity contribution is 6.30. The molecule has 3 aliphatic rings. The van der Waals surface area contributed by atoms with Gasteiger partial charge in [-0.2, -0.15) is 5.48 Å². The van der Waals surface area contributed by atoms with Gasteiger partial charge in [-0.05, 0) is 44.7 Å². The van der Waals surface area contributed by atoms with E-state index in [1.807, 2.05) is 6.92 Å². The van der Waals surface area contributed by atoms with Crippen LogP contribution in [0.3, 0.4) is 0 Å². The largest absolute Gasteiger partial charge is 0.484 e. The van der Waals surface area contributed by atoms with Crippen LogP contribution in [0.15, 0.2) is 18.2 Å². The van der Waals surface area contributed by atoms with E-state index in [2.05, 4.69) is 28.4 Å². The van der Waals surface area contributed by atoms with E-state index in [1.165, 1.54) is 12.1 Å². The molecular weight excluding hydrogens is 439 g/mol. The molecule has 0 spiro atoms. The number of rotatable bonds is 7. The Labute approximate surface area is 191 Å². The maximum atomic E-state index is 13.5. The fourth-order valence-corrected chi connectivity index (χ4v) is 4.94. The van der Waals surface area contributed by atoms with Crippen molar-refractivity contribution in [2.45, 2.75) is 63.4 Å². The average molecular weight is 469 g/mol. The first-order valence-electron chi connectivity index (χ1n) is 11.1. The van der Waals surface area contributed by atoms with Gasteiger partial charge in [-0.3, -0.25) is 19.7 Å². The van der Waals surface area contributed by atoms with Crippen LogP contribution in [0.5, 0.6) is 5.75 Å². The Bertz CT molecular complexity index is 866. The van der Waals surface area contributed by atoms with Crippen molar-refractivity contribution in [3.8, 4) is 5.75 Å². The highest BCUT2D eigenvalue weighted by atomic mass is 35.5. The summed E-state index contributed by atoms with van der Waals surface area (Å²) < 4.78 is 18.8. The van der Waals surface area contributed by atoms with Crippen molar-refractivity contribution in [2.75, 3.05) is 13.2 Å². The van der Waals surface area contributed by atoms with Gasteiger partial charge in [-0.15, -0.1) is 0 Å². The van der Waals surface area contributed by atoms with Crippen molar-refractivity contribution < 1.29 is 23.6 Å². The molecule has 0 aromatic heterocycles. The quantitative estimate of drug-likeness (QED) is 0.487. The van der Waals surface area contributed by atoms with Gasteiger partial charge in [-0.25, -0.2) is 4.39 Å². The number of nitrogens with one attached hydrogen (secondary N) is 4. The van der Waals surface area contributed by atoms with Crippen molar-refractivity contribution in [1.82, 2.24) is 21.4 Å². The molecule has 1 aliphatic carbocycles. The second-order valence-corrected chi connectivity index (χ2v) is 9.52. The number of hydroxylamine groups is 1. The minimum absolute atomic E-state index is 0.000742. The van der Waals surface area contributed by atoms with Gasteiger partial charge in [0.25, 0.3) is 5.91 Å². The molecule has 32 heavy (non-hydrogen) atoms. The number of piperidine rings is 1. The molecule has 1 saturated carbocycles. The van der Waals surface area contributed by atoms with Crippen molar-refractivity contribution in [3.63, 3.8) is 0 Å². The minimum Gasteiger partial charge on any atom is -0.484 e. The molecule has 1 aromatic rings. The Morgan fingerprint density at radius 3 is 2.88 bits per heavy atom. The molecule has 4 atom stereocenters. The normalized spacial score (nSPS) is 33.7. The van der Waals surface area contributed by atoms with Crippen LogP contribution in [0.1, 0.15) is 39.5 Å². The molecule has 8 nitrogen and oxygen atoms in total. The van der Waals surface area contributed by atoms with E-state index in [9.17, 15) is 14.0 Å². The number of carbonyl (C=O) groups is 2. The van der Waals surface area contributed by atoms with Gasteiger partial charge in [0.05, 0.1) is 10.9 Å². The van der Waals surface area contributed by atoms with Gasteiger partial charge in [0, 0.05) is 36.2 Å². The van der Waals surface area contributed by atoms with Crippen LogP contribution in [0.2, 0.25) is 5.02 Å². The van der Waals surface area contributed by atoms with Crippen molar-refractivity contribution in [3.05, 3.63) is 29.0 Å². The molecule has 2 aliphatic heterocycles. The van der Waals surface area contributed by atoms with Gasteiger partial charge in [0.2, 0.25) is 5.91 Å². The second kappa shape index (κ2) is 9.51. The third-order valence-electron chi connectivity index (χ3n) is 6.87. The van der Waals surface area contributed by atoms with E-state index in [0.717, 1.165) is 18.9 Å². The number of fused-ring (bicyclic) bond motifs is 1. The van der Waals surface area contributed by atoms with Crippen LogP contribution >= 0.6 is 11.6 Å². The van der Waals surface area contributed by atoms with Crippen LogP contribution in [0.4, 0.5) is 4.39 Å². The average Bonchev–Trinajstić information content (AvgIpc) is 3.13. The SMILES string of the molecule is CCC1(NC(=O)C2CNC3ONC(C)C3C2)CC(NC(=O)COc2ccc(Cl)c(F)c2)C1. The number of hydrogen-bond acceptors (Lipinski definition) is 6. The summed E-state index contributed by atoms with van der Waals surface area (Å²) in [5.41, 5.74) is 2.68. The molecule has 2 heterocycles. The molecule has 3 fully saturated rings. The highest BCUT2D eigenvalue weighted by Gasteiger charge is 2.47. The molecular formula is C22H30ClFN4O4. The maximum absolute atomic E-state index is 13.5. The van der Waals surface area contributed by atoms with Gasteiger partial charge in [-0.1, -0.05) is 18.5 Å². The standard InChI is InChI=1S/C22H30ClFN4O4/c1-3-22(27-20(30)13-6-16-12(2)28-32-21(16)25-10-13)8-14(9-22)26-19(29)11-31-15-4-5-17(23)18(24)7-15/h4-5,7,12-14,16,21,25,28H,3,6,8-11H2,1-2H3,(H,26,29)(H,27,30). The molecule has 1 aromatic carbocycles. The fourth-order valence-electron chi connectivity index (χ4n) is 4.82. The van der Waals surface area contributed by atoms with E-state index in [-0.39, 0.29) is 64.9 Å². The third-order valence-corrected chi connectivity index (χ3v) is 7.18. The fraction of sp³-hybridized carbons (Fsp3) is 0.636. The molecule has 2 saturated heterocycles. The lowest BCUT2D eigenvalue weighted by atomic mass is 9.70. The summed E-state index contributed by atoms with van der Waals surface area (Å²) in [6.07, 6.45) is 2.87. The summed E-state index contributed by atoms with van der Waals surface area (Å²) in [4.78, 5) is 30.6. The first-order chi connectivity index (χ1) is 15.3. The number of benzene rings is 1. The van der Waals surface area contributed by atoms with Gasteiger partial charge < -0.3 is 15.4 Å². The Kier molecular flexibility index (Phi) is 6.90. The Hall–Kier alpha value is -1.94. The topological polar surface area (TPSA) is 101 Å². The zero-order chi connectivity index (χ0) is 22.9. The first kappa shape index (κ1) is 23.2. The molecule has 10 heteroatoms. The molecule has 2 amide bonds. The lowest BCUT2D eigenvalue weighted by Crippen LogP contribution is -2.65. The monoisotopic (exact) mass is 468 g/mol. The number of amides is 2. The number of ether oxygens (including phenoxy) is 1. The third kappa shape index (κ3) is 5.01. The second-order valence-electron chi connectivity index (χ2n) is 9.11. The number of carbonyl (C=O) groups excluding carboxylic acids is 2. The summed E-state index contributed by atoms with van der Waals surface area (Å²) in [6.45, 7) is 4.48. The zero-order valence-corrected chi connectivity index (χ0v) is 19.0. The predicted molar refractivity (Wildman–Crippen MR) is 116 cm³/mol. The molecule has 4 unspecified atom stereocenters. The van der Waals surface area contributed by atoms with E-state index >= 15 is 0 Å².